The van der Waals surface area contributed by atoms with Crippen molar-refractivity contribution in [2.45, 2.75) is 6.42 Å². The van der Waals surface area contributed by atoms with Crippen molar-refractivity contribution in [3.63, 3.8) is 0 Å². The van der Waals surface area contributed by atoms with Gasteiger partial charge in [-0.05, 0) is 18.2 Å². The highest BCUT2D eigenvalue weighted by Crippen LogP contribution is 2.13. The summed E-state index contributed by atoms with van der Waals surface area (Å²) in [6.07, 6.45) is 0.315. The normalized spacial score (nSPS) is 9.47. The molecular weight excluding hydrogens is 286 g/mol. The Morgan fingerprint density at radius 3 is 2.53 bits per heavy atom. The molecule has 0 amide bonds. The van der Waals surface area contributed by atoms with Gasteiger partial charge in [-0.25, -0.2) is 4.79 Å². The van der Waals surface area contributed by atoms with Crippen LogP contribution in [0.25, 0.3) is 0 Å². The van der Waals surface area contributed by atoms with E-state index in [-0.39, 0.29) is 16.9 Å². The van der Waals surface area contributed by atoms with Crippen LogP contribution >= 0.6 is 15.9 Å². The van der Waals surface area contributed by atoms with Crippen molar-refractivity contribution in [1.29, 1.82) is 5.26 Å². The number of methoxy groups -OCH3 is 1. The lowest BCUT2D eigenvalue weighted by atomic mass is 10.0. The molecule has 4 nitrogen and oxygen atoms in total. The molecule has 0 saturated carbocycles. The summed E-state index contributed by atoms with van der Waals surface area (Å²) in [5.41, 5.74) is 0.833. The largest absolute Gasteiger partial charge is 0.465 e. The van der Waals surface area contributed by atoms with Gasteiger partial charge in [0.25, 0.3) is 0 Å². The first-order chi connectivity index (χ1) is 8.12. The van der Waals surface area contributed by atoms with Crippen LogP contribution in [0.3, 0.4) is 0 Å². The molecule has 0 N–H and O–H groups in total. The van der Waals surface area contributed by atoms with Gasteiger partial charge >= 0.3 is 5.97 Å². The maximum Gasteiger partial charge on any atom is 0.337 e. The van der Waals surface area contributed by atoms with Gasteiger partial charge in [0.15, 0.2) is 5.78 Å². The maximum atomic E-state index is 11.7. The molecule has 1 aromatic rings. The van der Waals surface area contributed by atoms with E-state index < -0.39 is 5.97 Å². The summed E-state index contributed by atoms with van der Waals surface area (Å²) in [4.78, 5) is 23.0. The predicted molar refractivity (Wildman–Crippen MR) is 65.2 cm³/mol. The average Bonchev–Trinajstić information content (AvgIpc) is 2.37. The molecule has 0 radical (unpaired) electrons. The standard InChI is InChI=1S/C12H10BrNO3/c1-17-12(16)10-5-8(7-14)4-9(6-10)11(15)2-3-13/h4-6H,2-3H2,1H3. The topological polar surface area (TPSA) is 67.2 Å². The van der Waals surface area contributed by atoms with E-state index in [2.05, 4.69) is 20.7 Å². The first kappa shape index (κ1) is 13.4. The lowest BCUT2D eigenvalue weighted by Gasteiger charge is -2.04. The number of halogens is 1. The van der Waals surface area contributed by atoms with Gasteiger partial charge in [0.1, 0.15) is 0 Å². The van der Waals surface area contributed by atoms with Crippen LogP contribution < -0.4 is 0 Å². The Kier molecular flexibility index (Phi) is 4.85. The van der Waals surface area contributed by atoms with E-state index in [0.29, 0.717) is 17.3 Å². The van der Waals surface area contributed by atoms with Gasteiger partial charge in [0.05, 0.1) is 24.3 Å². The van der Waals surface area contributed by atoms with E-state index >= 15 is 0 Å². The third-order valence-corrected chi connectivity index (χ3v) is 2.52. The highest BCUT2D eigenvalue weighted by molar-refractivity contribution is 9.09. The van der Waals surface area contributed by atoms with Crippen LogP contribution in [-0.2, 0) is 4.74 Å². The zero-order valence-electron chi connectivity index (χ0n) is 9.20. The van der Waals surface area contributed by atoms with Crippen molar-refractivity contribution in [3.05, 3.63) is 34.9 Å². The second-order valence-corrected chi connectivity index (χ2v) is 4.06. The van der Waals surface area contributed by atoms with Crippen LogP contribution in [0.15, 0.2) is 18.2 Å². The van der Waals surface area contributed by atoms with Crippen LogP contribution in [0, 0.1) is 11.3 Å². The number of ether oxygens (including phenoxy) is 1. The molecule has 0 aliphatic rings. The van der Waals surface area contributed by atoms with Crippen LogP contribution in [0.2, 0.25) is 0 Å². The van der Waals surface area contributed by atoms with Gasteiger partial charge in [-0.1, -0.05) is 15.9 Å². The second-order valence-electron chi connectivity index (χ2n) is 3.26. The van der Waals surface area contributed by atoms with E-state index in [1.165, 1.54) is 25.3 Å². The molecule has 0 bridgehead atoms. The number of nitriles is 1. The fourth-order valence-corrected chi connectivity index (χ4v) is 1.68. The second kappa shape index (κ2) is 6.16. The smallest absolute Gasteiger partial charge is 0.337 e. The van der Waals surface area contributed by atoms with Crippen molar-refractivity contribution < 1.29 is 14.3 Å². The van der Waals surface area contributed by atoms with E-state index in [4.69, 9.17) is 5.26 Å². The van der Waals surface area contributed by atoms with Gasteiger partial charge in [-0.3, -0.25) is 4.79 Å². The number of hydrogen-bond acceptors (Lipinski definition) is 4. The molecule has 0 fully saturated rings. The fraction of sp³-hybridized carbons (Fsp3) is 0.250. The number of Topliss-reactive ketones (excluding diaryl/α,β-unsaturated/α-hetero) is 1. The molecular formula is C12H10BrNO3. The number of alkyl halides is 1. The number of hydrogen-bond donors (Lipinski definition) is 0. The number of carbonyl (C=O) groups excluding carboxylic acids is 2. The predicted octanol–water partition coefficient (Wildman–Crippen LogP) is 2.31. The summed E-state index contributed by atoms with van der Waals surface area (Å²) in [7, 11) is 1.25. The number of rotatable bonds is 4. The molecule has 5 heteroatoms. The van der Waals surface area contributed by atoms with Gasteiger partial charge in [0, 0.05) is 17.3 Å². The minimum atomic E-state index is -0.560. The Morgan fingerprint density at radius 2 is 2.00 bits per heavy atom. The Hall–Kier alpha value is -1.67. The van der Waals surface area contributed by atoms with E-state index in [1.54, 1.807) is 0 Å². The summed E-state index contributed by atoms with van der Waals surface area (Å²) < 4.78 is 4.56. The van der Waals surface area contributed by atoms with Gasteiger partial charge in [-0.2, -0.15) is 5.26 Å². The van der Waals surface area contributed by atoms with Gasteiger partial charge in [0.2, 0.25) is 0 Å². The van der Waals surface area contributed by atoms with Gasteiger partial charge in [-0.15, -0.1) is 0 Å². The molecule has 0 unspecified atom stereocenters. The molecule has 88 valence electrons. The quantitative estimate of drug-likeness (QED) is 0.486. The first-order valence-corrected chi connectivity index (χ1v) is 5.97. The van der Waals surface area contributed by atoms with E-state index in [0.717, 1.165) is 0 Å². The maximum absolute atomic E-state index is 11.7. The van der Waals surface area contributed by atoms with Crippen LogP contribution in [0.1, 0.15) is 32.7 Å². The molecule has 0 aliphatic carbocycles. The number of carbonyl (C=O) groups is 2. The van der Waals surface area contributed by atoms with Crippen molar-refractivity contribution in [3.8, 4) is 6.07 Å². The Labute approximate surface area is 107 Å². The molecule has 17 heavy (non-hydrogen) atoms. The minimum absolute atomic E-state index is 0.121. The number of nitrogens with zero attached hydrogens (tertiary/aromatic N) is 1. The third kappa shape index (κ3) is 3.40. The van der Waals surface area contributed by atoms with Crippen LogP contribution in [0.5, 0.6) is 0 Å². The number of esters is 1. The zero-order chi connectivity index (χ0) is 12.8. The summed E-state index contributed by atoms with van der Waals surface area (Å²) in [5, 5.41) is 9.37. The summed E-state index contributed by atoms with van der Waals surface area (Å²) >= 11 is 3.17. The van der Waals surface area contributed by atoms with Crippen molar-refractivity contribution in [2.75, 3.05) is 12.4 Å². The van der Waals surface area contributed by atoms with Gasteiger partial charge < -0.3 is 4.74 Å². The van der Waals surface area contributed by atoms with Crippen molar-refractivity contribution in [2.24, 2.45) is 0 Å². The summed E-state index contributed by atoms with van der Waals surface area (Å²) in [5.74, 6) is -0.681. The SMILES string of the molecule is COC(=O)c1cc(C#N)cc(C(=O)CCBr)c1. The van der Waals surface area contributed by atoms with Crippen LogP contribution in [-0.4, -0.2) is 24.2 Å². The number of ketones is 1. The Balaban J connectivity index is 3.19. The Morgan fingerprint density at radius 1 is 1.35 bits per heavy atom. The molecule has 0 aliphatic heterocycles. The van der Waals surface area contributed by atoms with Crippen LogP contribution in [0.4, 0.5) is 0 Å². The lowest BCUT2D eigenvalue weighted by molar-refractivity contribution is 0.0600. The first-order valence-electron chi connectivity index (χ1n) is 4.85. The molecule has 0 saturated heterocycles. The zero-order valence-corrected chi connectivity index (χ0v) is 10.8. The van der Waals surface area contributed by atoms with E-state index in [9.17, 15) is 9.59 Å². The van der Waals surface area contributed by atoms with E-state index in [1.807, 2.05) is 6.07 Å². The Bertz CT molecular complexity index is 491. The molecule has 1 rings (SSSR count). The third-order valence-electron chi connectivity index (χ3n) is 2.13. The average molecular weight is 296 g/mol. The molecule has 1 aromatic carbocycles. The fourth-order valence-electron chi connectivity index (χ4n) is 1.32. The molecule has 0 spiro atoms. The minimum Gasteiger partial charge on any atom is -0.465 e. The molecule has 0 aromatic heterocycles. The highest BCUT2D eigenvalue weighted by Gasteiger charge is 2.12. The molecule has 0 heterocycles. The van der Waals surface area contributed by atoms with Crippen molar-refractivity contribution >= 4 is 27.7 Å². The monoisotopic (exact) mass is 295 g/mol. The summed E-state index contributed by atoms with van der Waals surface area (Å²) in [6, 6.07) is 6.22. The molecule has 0 atom stereocenters. The summed E-state index contributed by atoms with van der Waals surface area (Å²) in [6.45, 7) is 0. The lowest BCUT2D eigenvalue weighted by Crippen LogP contribution is -2.06. The highest BCUT2D eigenvalue weighted by atomic mass is 79.9. The number of benzene rings is 1. The van der Waals surface area contributed by atoms with Crippen molar-refractivity contribution in [1.82, 2.24) is 0 Å².